The van der Waals surface area contributed by atoms with E-state index in [-0.39, 0.29) is 0 Å². The summed E-state index contributed by atoms with van der Waals surface area (Å²) in [4.78, 5) is 2.35. The number of hydrogen-bond donors (Lipinski definition) is 0. The van der Waals surface area contributed by atoms with E-state index in [1.165, 1.54) is 60.0 Å². The summed E-state index contributed by atoms with van der Waals surface area (Å²) in [5, 5.41) is 10.8. The minimum absolute atomic E-state index is 0.878. The molecule has 12 aromatic carbocycles. The SMILES string of the molecule is c1ccc(-c2oc3c4ccccc4c4ccccc4c3c2-c2cccc(-c3ccc(N(c4ccc(-c5ccc6ccccc6c5)cc4)c4ccc(-c5ccc6ccccc6c5)cc4)cc3)c2)cc1. The van der Waals surface area contributed by atoms with Crippen LogP contribution in [-0.2, 0) is 0 Å². The Morgan fingerprint density at radius 1 is 0.250 bits per heavy atom. The summed E-state index contributed by atoms with van der Waals surface area (Å²) < 4.78 is 7.03. The maximum atomic E-state index is 7.03. The maximum absolute atomic E-state index is 7.03. The van der Waals surface area contributed by atoms with Gasteiger partial charge in [0.1, 0.15) is 11.3 Å². The number of benzene rings is 12. The van der Waals surface area contributed by atoms with Gasteiger partial charge in [0.05, 0.1) is 0 Å². The van der Waals surface area contributed by atoms with Gasteiger partial charge in [0.15, 0.2) is 0 Å². The Balaban J connectivity index is 0.901. The van der Waals surface area contributed by atoms with Crippen molar-refractivity contribution >= 4 is 71.1 Å². The Morgan fingerprint density at radius 2 is 0.647 bits per heavy atom. The molecule has 0 radical (unpaired) electrons. The second-order valence-corrected chi connectivity index (χ2v) is 17.6. The van der Waals surface area contributed by atoms with Gasteiger partial charge >= 0.3 is 0 Å². The van der Waals surface area contributed by atoms with Crippen LogP contribution in [0.4, 0.5) is 17.1 Å². The minimum Gasteiger partial charge on any atom is -0.455 e. The van der Waals surface area contributed by atoms with E-state index in [0.717, 1.165) is 67.0 Å². The van der Waals surface area contributed by atoms with Crippen molar-refractivity contribution in [2.45, 2.75) is 0 Å². The van der Waals surface area contributed by atoms with Gasteiger partial charge in [0.25, 0.3) is 0 Å². The minimum atomic E-state index is 0.878. The van der Waals surface area contributed by atoms with Crippen LogP contribution in [0, 0.1) is 0 Å². The summed E-state index contributed by atoms with van der Waals surface area (Å²) in [5.41, 5.74) is 14.5. The Hall–Kier alpha value is -8.98. The predicted octanol–water partition coefficient (Wildman–Crippen LogP) is 18.9. The van der Waals surface area contributed by atoms with Crippen LogP contribution in [0.15, 0.2) is 265 Å². The van der Waals surface area contributed by atoms with Crippen LogP contribution in [0.2, 0.25) is 0 Å². The molecule has 0 N–H and O–H groups in total. The fourth-order valence-electron chi connectivity index (χ4n) is 10.2. The molecule has 0 saturated carbocycles. The maximum Gasteiger partial charge on any atom is 0.143 e. The average molecular weight is 866 g/mol. The lowest BCUT2D eigenvalue weighted by Gasteiger charge is -2.26. The smallest absolute Gasteiger partial charge is 0.143 e. The molecule has 0 atom stereocenters. The summed E-state index contributed by atoms with van der Waals surface area (Å²) in [6.07, 6.45) is 0. The molecule has 0 amide bonds. The lowest BCUT2D eigenvalue weighted by Crippen LogP contribution is -2.09. The number of hydrogen-bond acceptors (Lipinski definition) is 2. The van der Waals surface area contributed by atoms with Crippen LogP contribution >= 0.6 is 0 Å². The third-order valence-electron chi connectivity index (χ3n) is 13.6. The molecule has 13 rings (SSSR count). The fourth-order valence-corrected chi connectivity index (χ4v) is 10.2. The first-order valence-electron chi connectivity index (χ1n) is 23.3. The van der Waals surface area contributed by atoms with E-state index >= 15 is 0 Å². The molecule has 2 heteroatoms. The summed E-state index contributed by atoms with van der Waals surface area (Å²) in [6.45, 7) is 0. The molecule has 13 aromatic rings. The van der Waals surface area contributed by atoms with Crippen molar-refractivity contribution in [2.75, 3.05) is 4.90 Å². The number of anilines is 3. The summed E-state index contributed by atoms with van der Waals surface area (Å²) >= 11 is 0. The van der Waals surface area contributed by atoms with Crippen molar-refractivity contribution in [3.63, 3.8) is 0 Å². The van der Waals surface area contributed by atoms with Crippen LogP contribution in [0.3, 0.4) is 0 Å². The zero-order valence-electron chi connectivity index (χ0n) is 37.2. The van der Waals surface area contributed by atoms with Gasteiger partial charge in [-0.2, -0.15) is 0 Å². The van der Waals surface area contributed by atoms with E-state index in [9.17, 15) is 0 Å². The van der Waals surface area contributed by atoms with Crippen LogP contribution in [-0.4, -0.2) is 0 Å². The Morgan fingerprint density at radius 3 is 1.19 bits per heavy atom. The van der Waals surface area contributed by atoms with Gasteiger partial charge in [-0.1, -0.05) is 206 Å². The van der Waals surface area contributed by atoms with Gasteiger partial charge in [-0.05, 0) is 131 Å². The summed E-state index contributed by atoms with van der Waals surface area (Å²) in [6, 6.07) is 94.3. The zero-order chi connectivity index (χ0) is 45.0. The Kier molecular flexibility index (Phi) is 9.54. The second kappa shape index (κ2) is 16.5. The first-order chi connectivity index (χ1) is 33.7. The van der Waals surface area contributed by atoms with Crippen LogP contribution in [0.5, 0.6) is 0 Å². The standard InChI is InChI=1S/C66H43NO/c1-2-15-49(16-3-1)65-63(64-61-23-10-8-21-59(61)60-22-9-11-24-62(60)66(64)68-65)55-20-12-19-52(43-55)46-29-35-56(36-30-46)67(57-37-31-47(32-38-57)53-27-25-44-13-4-6-17-50(44)41-53)58-39-33-48(34-40-58)54-28-26-45-14-5-7-18-51(45)42-54/h1-43H. The molecule has 2 nitrogen and oxygen atoms in total. The molecule has 0 bridgehead atoms. The lowest BCUT2D eigenvalue weighted by molar-refractivity contribution is 0.636. The van der Waals surface area contributed by atoms with Crippen molar-refractivity contribution in [1.82, 2.24) is 0 Å². The van der Waals surface area contributed by atoms with Crippen molar-refractivity contribution in [3.8, 4) is 55.8 Å². The molecule has 0 unspecified atom stereocenters. The summed E-state index contributed by atoms with van der Waals surface area (Å²) in [5.74, 6) is 0.878. The topological polar surface area (TPSA) is 16.4 Å². The molecule has 1 aromatic heterocycles. The van der Waals surface area contributed by atoms with Gasteiger partial charge in [-0.15, -0.1) is 0 Å². The molecular weight excluding hydrogens is 823 g/mol. The first-order valence-corrected chi connectivity index (χ1v) is 23.3. The molecule has 0 aliphatic heterocycles. The molecule has 0 fully saturated rings. The van der Waals surface area contributed by atoms with Crippen molar-refractivity contribution in [1.29, 1.82) is 0 Å². The van der Waals surface area contributed by atoms with E-state index in [4.69, 9.17) is 4.42 Å². The van der Waals surface area contributed by atoms with Crippen molar-refractivity contribution < 1.29 is 4.42 Å². The quantitative estimate of drug-likeness (QED) is 0.142. The highest BCUT2D eigenvalue weighted by molar-refractivity contribution is 6.28. The number of nitrogens with zero attached hydrogens (tertiary/aromatic N) is 1. The van der Waals surface area contributed by atoms with Gasteiger partial charge in [0.2, 0.25) is 0 Å². The van der Waals surface area contributed by atoms with Crippen molar-refractivity contribution in [2.24, 2.45) is 0 Å². The Bertz CT molecular complexity index is 3870. The molecule has 318 valence electrons. The molecule has 0 spiro atoms. The second-order valence-electron chi connectivity index (χ2n) is 17.6. The van der Waals surface area contributed by atoms with E-state index < -0.39 is 0 Å². The summed E-state index contributed by atoms with van der Waals surface area (Å²) in [7, 11) is 0. The monoisotopic (exact) mass is 865 g/mol. The number of rotatable bonds is 8. The van der Waals surface area contributed by atoms with E-state index in [0.29, 0.717) is 0 Å². The lowest BCUT2D eigenvalue weighted by atomic mass is 9.91. The predicted molar refractivity (Wildman–Crippen MR) is 288 cm³/mol. The third-order valence-corrected chi connectivity index (χ3v) is 13.6. The van der Waals surface area contributed by atoms with Crippen LogP contribution < -0.4 is 4.90 Å². The van der Waals surface area contributed by atoms with Gasteiger partial charge in [-0.25, -0.2) is 0 Å². The highest BCUT2D eigenvalue weighted by Crippen LogP contribution is 2.48. The number of fused-ring (bicyclic) bond motifs is 8. The molecular formula is C66H43NO. The van der Waals surface area contributed by atoms with Gasteiger partial charge in [-0.3, -0.25) is 0 Å². The molecule has 0 saturated heterocycles. The van der Waals surface area contributed by atoms with E-state index in [2.05, 4.69) is 266 Å². The Labute approximate surface area is 395 Å². The molecule has 0 aliphatic carbocycles. The van der Waals surface area contributed by atoms with E-state index in [1.54, 1.807) is 0 Å². The highest BCUT2D eigenvalue weighted by Gasteiger charge is 2.23. The van der Waals surface area contributed by atoms with E-state index in [1.807, 2.05) is 0 Å². The van der Waals surface area contributed by atoms with Crippen LogP contribution in [0.25, 0.3) is 110 Å². The molecule has 68 heavy (non-hydrogen) atoms. The first kappa shape index (κ1) is 39.4. The normalized spacial score (nSPS) is 11.5. The van der Waals surface area contributed by atoms with Crippen LogP contribution in [0.1, 0.15) is 0 Å². The largest absolute Gasteiger partial charge is 0.455 e. The molecule has 1 heterocycles. The zero-order valence-corrected chi connectivity index (χ0v) is 37.2. The van der Waals surface area contributed by atoms with Gasteiger partial charge in [0, 0.05) is 39.0 Å². The fraction of sp³-hybridized carbons (Fsp3) is 0. The third kappa shape index (κ3) is 6.90. The van der Waals surface area contributed by atoms with Gasteiger partial charge < -0.3 is 9.32 Å². The molecule has 0 aliphatic rings. The average Bonchev–Trinajstić information content (AvgIpc) is 3.83. The number of furan rings is 1. The van der Waals surface area contributed by atoms with Crippen molar-refractivity contribution in [3.05, 3.63) is 261 Å². The highest BCUT2D eigenvalue weighted by atomic mass is 16.3.